The fourth-order valence-corrected chi connectivity index (χ4v) is 5.99. The van der Waals surface area contributed by atoms with E-state index in [4.69, 9.17) is 24.8 Å². The number of anilines is 1. The zero-order valence-electron chi connectivity index (χ0n) is 27.9. The molecule has 5 rings (SSSR count). The smallest absolute Gasteiger partial charge is 0.504 e. The Morgan fingerprint density at radius 2 is 1.80 bits per heavy atom. The van der Waals surface area contributed by atoms with Gasteiger partial charge in [0.25, 0.3) is 11.8 Å². The summed E-state index contributed by atoms with van der Waals surface area (Å²) in [7, 11) is -4.91. The highest BCUT2D eigenvalue weighted by Gasteiger charge is 2.33. The number of hydroxylamine groups is 2. The van der Waals surface area contributed by atoms with Gasteiger partial charge in [0.2, 0.25) is 5.91 Å². The van der Waals surface area contributed by atoms with E-state index in [2.05, 4.69) is 17.2 Å². The molecule has 0 spiro atoms. The predicted octanol–water partition coefficient (Wildman–Crippen LogP) is 2.80. The molecule has 6 N–H and O–H groups in total. The number of imidazole rings is 1. The number of phosphoric acid groups is 1. The lowest BCUT2D eigenvalue weighted by Crippen LogP contribution is -2.33. The van der Waals surface area contributed by atoms with Crippen LogP contribution in [0.15, 0.2) is 36.4 Å². The summed E-state index contributed by atoms with van der Waals surface area (Å²) in [5.74, 6) is -2.24. The van der Waals surface area contributed by atoms with Crippen molar-refractivity contribution in [3.05, 3.63) is 53.3 Å². The number of hydrogen-bond donors (Lipinski definition) is 5. The lowest BCUT2D eigenvalue weighted by atomic mass is 10.1. The Morgan fingerprint density at radius 1 is 1.04 bits per heavy atom. The molecule has 2 aromatic heterocycles. The maximum Gasteiger partial charge on any atom is 0.524 e. The number of phenolic OH excluding ortho intramolecular Hbond substituents is 1. The first-order chi connectivity index (χ1) is 24.3. The molecule has 1 fully saturated rings. The number of rotatable bonds is 17. The van der Waals surface area contributed by atoms with Crippen molar-refractivity contribution in [1.29, 1.82) is 0 Å². The van der Waals surface area contributed by atoms with Crippen molar-refractivity contribution in [2.24, 2.45) is 0 Å². The van der Waals surface area contributed by atoms with Gasteiger partial charge in [-0.25, -0.2) is 19.3 Å². The van der Waals surface area contributed by atoms with Crippen LogP contribution in [0.5, 0.6) is 11.5 Å². The number of phosphoric ester groups is 1. The molecule has 272 valence electrons. The molecule has 0 bridgehead atoms. The van der Waals surface area contributed by atoms with E-state index in [1.165, 1.54) is 12.1 Å². The van der Waals surface area contributed by atoms with Crippen LogP contribution in [0.3, 0.4) is 0 Å². The lowest BCUT2D eigenvalue weighted by Gasteiger charge is -2.15. The van der Waals surface area contributed by atoms with E-state index in [0.29, 0.717) is 52.4 Å². The average Bonchev–Trinajstić information content (AvgIpc) is 3.60. The number of benzene rings is 2. The number of imide groups is 1. The van der Waals surface area contributed by atoms with Crippen LogP contribution in [0.4, 0.5) is 5.82 Å². The highest BCUT2D eigenvalue weighted by atomic mass is 31.2. The number of carbonyl (C=O) groups is 4. The quantitative estimate of drug-likeness (QED) is 0.0597. The summed E-state index contributed by atoms with van der Waals surface area (Å²) in [6.07, 6.45) is 2.37. The van der Waals surface area contributed by atoms with Crippen LogP contribution < -0.4 is 15.6 Å². The molecule has 0 unspecified atom stereocenters. The molecule has 17 nitrogen and oxygen atoms in total. The number of nitrogens with one attached hydrogen (secondary N) is 1. The second-order valence-electron chi connectivity index (χ2n) is 11.9. The van der Waals surface area contributed by atoms with E-state index in [-0.39, 0.29) is 56.9 Å². The van der Waals surface area contributed by atoms with Crippen LogP contribution in [-0.4, -0.2) is 77.9 Å². The molecular formula is C33H39N6O11P. The Balaban J connectivity index is 1.23. The van der Waals surface area contributed by atoms with Gasteiger partial charge in [-0.15, -0.1) is 5.06 Å². The topological polar surface area (TPSA) is 246 Å². The van der Waals surface area contributed by atoms with Crippen LogP contribution in [0.25, 0.3) is 21.9 Å². The summed E-state index contributed by atoms with van der Waals surface area (Å²) in [5.41, 5.74) is 9.46. The molecule has 18 heteroatoms. The first kappa shape index (κ1) is 37.2. The number of ether oxygens (including phenoxy) is 1. The van der Waals surface area contributed by atoms with E-state index < -0.39 is 37.3 Å². The Hall–Kier alpha value is -5.09. The van der Waals surface area contributed by atoms with Gasteiger partial charge in [0.05, 0.1) is 37.2 Å². The molecule has 3 amide bonds. The molecule has 1 aliphatic heterocycles. The second kappa shape index (κ2) is 16.3. The van der Waals surface area contributed by atoms with Gasteiger partial charge in [-0.05, 0) is 36.6 Å². The van der Waals surface area contributed by atoms with Crippen molar-refractivity contribution in [2.45, 2.75) is 64.8 Å². The summed E-state index contributed by atoms with van der Waals surface area (Å²) in [4.78, 5) is 79.9. The summed E-state index contributed by atoms with van der Waals surface area (Å²) in [5, 5.41) is 14.7. The van der Waals surface area contributed by atoms with Crippen LogP contribution in [0.2, 0.25) is 0 Å². The number of amides is 3. The number of hydrogen-bond acceptors (Lipinski definition) is 12. The van der Waals surface area contributed by atoms with Gasteiger partial charge in [-0.1, -0.05) is 31.5 Å². The number of aromatic hydroxyl groups is 1. The Labute approximate surface area is 291 Å². The first-order valence-corrected chi connectivity index (χ1v) is 17.9. The van der Waals surface area contributed by atoms with Crippen LogP contribution in [0.1, 0.15) is 62.4 Å². The number of nitrogen functional groups attached to an aromatic ring is 1. The van der Waals surface area contributed by atoms with Crippen molar-refractivity contribution in [2.75, 3.05) is 25.5 Å². The van der Waals surface area contributed by atoms with Gasteiger partial charge in [-0.2, -0.15) is 0 Å². The van der Waals surface area contributed by atoms with Gasteiger partial charge in [0.1, 0.15) is 11.3 Å². The van der Waals surface area contributed by atoms with Crippen molar-refractivity contribution in [3.63, 3.8) is 0 Å². The third kappa shape index (κ3) is 9.38. The minimum absolute atomic E-state index is 0.0131. The normalized spacial score (nSPS) is 13.4. The van der Waals surface area contributed by atoms with E-state index in [1.54, 1.807) is 6.07 Å². The van der Waals surface area contributed by atoms with E-state index in [9.17, 15) is 38.6 Å². The molecule has 0 aliphatic carbocycles. The Bertz CT molecular complexity index is 1990. The summed E-state index contributed by atoms with van der Waals surface area (Å²) in [6, 6.07) is 10.1. The highest BCUT2D eigenvalue weighted by Crippen LogP contribution is 2.43. The molecule has 0 atom stereocenters. The molecule has 1 saturated heterocycles. The standard InChI is InChI=1S/C33H39N6O11P/c1-2-3-7-25-37-30-31(38(25)19-21-5-4-6-24(32(21)44)50-51(45,46)47)22-18-20(8-9-23(22)36-33(30)34)14-16-48-17-15-35-26(40)10-13-29(43)49-39-27(41)11-12-28(39)42/h4-6,8-9,18,44H,2-3,7,10-17,19H2,1H3,(H2,34,36)(H,35,40)(H2,45,46,47). The van der Waals surface area contributed by atoms with Crippen molar-refractivity contribution in [1.82, 2.24) is 24.9 Å². The monoisotopic (exact) mass is 726 g/mol. The first-order valence-electron chi connectivity index (χ1n) is 16.4. The van der Waals surface area contributed by atoms with Crippen molar-refractivity contribution >= 4 is 59.3 Å². The maximum atomic E-state index is 12.1. The zero-order valence-corrected chi connectivity index (χ0v) is 28.8. The van der Waals surface area contributed by atoms with Crippen LogP contribution in [0, 0.1) is 0 Å². The fourth-order valence-electron chi connectivity index (χ4n) is 5.59. The molecule has 3 heterocycles. The van der Waals surface area contributed by atoms with Crippen LogP contribution >= 0.6 is 7.82 Å². The zero-order chi connectivity index (χ0) is 36.7. The molecule has 1 aliphatic rings. The predicted molar refractivity (Wildman–Crippen MR) is 182 cm³/mol. The molecule has 4 aromatic rings. The number of pyridine rings is 1. The SMILES string of the molecule is CCCCc1nc2c(N)nc3ccc(CCOCCNC(=O)CCC(=O)ON4C(=O)CCC4=O)cc3c2n1Cc1cccc(OP(=O)(O)O)c1O. The number of phenols is 1. The van der Waals surface area contributed by atoms with Gasteiger partial charge in [-0.3, -0.25) is 24.2 Å². The molecule has 0 saturated carbocycles. The fraction of sp³-hybridized carbons (Fsp3) is 0.394. The molecule has 0 radical (unpaired) electrons. The molecule has 51 heavy (non-hydrogen) atoms. The largest absolute Gasteiger partial charge is 0.524 e. The van der Waals surface area contributed by atoms with E-state index in [1.807, 2.05) is 22.8 Å². The number of nitrogens with zero attached hydrogens (tertiary/aromatic N) is 4. The number of aromatic nitrogens is 3. The molecule has 2 aromatic carbocycles. The van der Waals surface area contributed by atoms with E-state index in [0.717, 1.165) is 23.8 Å². The van der Waals surface area contributed by atoms with Gasteiger partial charge >= 0.3 is 13.8 Å². The Kier molecular flexibility index (Phi) is 11.9. The minimum Gasteiger partial charge on any atom is -0.504 e. The Morgan fingerprint density at radius 3 is 2.53 bits per heavy atom. The summed E-state index contributed by atoms with van der Waals surface area (Å²) >= 11 is 0. The third-order valence-electron chi connectivity index (χ3n) is 8.09. The summed E-state index contributed by atoms with van der Waals surface area (Å²) in [6.45, 7) is 2.91. The lowest BCUT2D eigenvalue weighted by molar-refractivity contribution is -0.197. The number of fused-ring (bicyclic) bond motifs is 3. The van der Waals surface area contributed by atoms with Crippen molar-refractivity contribution < 1.29 is 52.7 Å². The second-order valence-corrected chi connectivity index (χ2v) is 13.0. The summed E-state index contributed by atoms with van der Waals surface area (Å²) < 4.78 is 23.8. The maximum absolute atomic E-state index is 12.1. The number of nitrogens with two attached hydrogens (primary N) is 1. The van der Waals surface area contributed by atoms with Crippen LogP contribution in [-0.2, 0) is 52.7 Å². The highest BCUT2D eigenvalue weighted by molar-refractivity contribution is 7.46. The number of aryl methyl sites for hydroxylation is 1. The number of para-hydroxylation sites is 1. The van der Waals surface area contributed by atoms with Gasteiger partial charge in [0, 0.05) is 43.2 Å². The van der Waals surface area contributed by atoms with Gasteiger partial charge in [0.15, 0.2) is 17.3 Å². The van der Waals surface area contributed by atoms with E-state index >= 15 is 0 Å². The van der Waals surface area contributed by atoms with Gasteiger partial charge < -0.3 is 34.8 Å². The average molecular weight is 727 g/mol. The van der Waals surface area contributed by atoms with Crippen molar-refractivity contribution in [3.8, 4) is 11.5 Å². The third-order valence-corrected chi connectivity index (χ3v) is 8.52. The number of carbonyl (C=O) groups excluding carboxylic acids is 4. The minimum atomic E-state index is -4.91. The number of unbranched alkanes of at least 4 members (excludes halogenated alkanes) is 1. The molecular weight excluding hydrogens is 687 g/mol.